The van der Waals surface area contributed by atoms with Gasteiger partial charge in [-0.25, -0.2) is 4.39 Å². The molecular formula is C13H17FO. The van der Waals surface area contributed by atoms with Gasteiger partial charge in [-0.15, -0.1) is 0 Å². The van der Waals surface area contributed by atoms with E-state index in [1.807, 2.05) is 6.07 Å². The third kappa shape index (κ3) is 2.95. The van der Waals surface area contributed by atoms with Crippen LogP contribution in [0.5, 0.6) is 5.75 Å². The molecule has 1 fully saturated rings. The van der Waals surface area contributed by atoms with Gasteiger partial charge < -0.3 is 4.74 Å². The molecule has 0 heterocycles. The lowest BCUT2D eigenvalue weighted by molar-refractivity contribution is 0.298. The molecule has 1 nitrogen and oxygen atoms in total. The van der Waals surface area contributed by atoms with Crippen LogP contribution in [0.25, 0.3) is 0 Å². The second kappa shape index (κ2) is 4.21. The van der Waals surface area contributed by atoms with E-state index in [9.17, 15) is 4.39 Å². The molecule has 0 saturated heterocycles. The van der Waals surface area contributed by atoms with Gasteiger partial charge in [-0.05, 0) is 42.4 Å². The van der Waals surface area contributed by atoms with E-state index in [0.29, 0.717) is 17.6 Å². The Morgan fingerprint density at radius 1 is 1.33 bits per heavy atom. The van der Waals surface area contributed by atoms with Crippen LogP contribution in [0.15, 0.2) is 18.2 Å². The van der Waals surface area contributed by atoms with Crippen molar-refractivity contribution in [2.45, 2.75) is 32.6 Å². The van der Waals surface area contributed by atoms with E-state index in [1.165, 1.54) is 18.9 Å². The molecule has 1 aliphatic rings. The highest BCUT2D eigenvalue weighted by Gasteiger charge is 2.22. The molecule has 0 atom stereocenters. The van der Waals surface area contributed by atoms with Crippen LogP contribution in [0, 0.1) is 11.7 Å². The molecule has 2 heteroatoms. The van der Waals surface area contributed by atoms with Crippen LogP contribution in [-0.2, 0) is 0 Å². The average Bonchev–Trinajstić information content (AvgIpc) is 2.97. The van der Waals surface area contributed by atoms with Gasteiger partial charge in [0, 0.05) is 6.07 Å². The van der Waals surface area contributed by atoms with Gasteiger partial charge >= 0.3 is 0 Å². The highest BCUT2D eigenvalue weighted by atomic mass is 19.1. The number of benzene rings is 1. The molecule has 0 radical (unpaired) electrons. The van der Waals surface area contributed by atoms with Crippen molar-refractivity contribution in [1.82, 2.24) is 0 Å². The van der Waals surface area contributed by atoms with Crippen molar-refractivity contribution >= 4 is 0 Å². The molecule has 0 unspecified atom stereocenters. The van der Waals surface area contributed by atoms with Crippen molar-refractivity contribution in [3.63, 3.8) is 0 Å². The molecule has 1 aromatic carbocycles. The van der Waals surface area contributed by atoms with E-state index in [-0.39, 0.29) is 5.82 Å². The molecule has 82 valence electrons. The maximum absolute atomic E-state index is 13.2. The van der Waals surface area contributed by atoms with Gasteiger partial charge in [0.25, 0.3) is 0 Å². The van der Waals surface area contributed by atoms with E-state index < -0.39 is 0 Å². The fourth-order valence-electron chi connectivity index (χ4n) is 1.50. The Balaban J connectivity index is 2.07. The van der Waals surface area contributed by atoms with E-state index >= 15 is 0 Å². The largest absolute Gasteiger partial charge is 0.493 e. The zero-order valence-electron chi connectivity index (χ0n) is 9.29. The minimum absolute atomic E-state index is 0.202. The molecule has 0 aliphatic heterocycles. The molecule has 0 amide bonds. The summed E-state index contributed by atoms with van der Waals surface area (Å²) in [7, 11) is 0. The van der Waals surface area contributed by atoms with E-state index in [2.05, 4.69) is 13.8 Å². The number of halogens is 1. The average molecular weight is 208 g/mol. The normalized spacial score (nSPS) is 15.7. The van der Waals surface area contributed by atoms with Crippen LogP contribution in [-0.4, -0.2) is 6.61 Å². The molecule has 1 saturated carbocycles. The molecular weight excluding hydrogens is 191 g/mol. The lowest BCUT2D eigenvalue weighted by Crippen LogP contribution is -2.00. The van der Waals surface area contributed by atoms with Gasteiger partial charge in [0.05, 0.1) is 6.61 Å². The maximum Gasteiger partial charge on any atom is 0.127 e. The second-order valence-corrected chi connectivity index (χ2v) is 4.63. The summed E-state index contributed by atoms with van der Waals surface area (Å²) < 4.78 is 18.8. The molecule has 1 aliphatic carbocycles. The fourth-order valence-corrected chi connectivity index (χ4v) is 1.50. The van der Waals surface area contributed by atoms with Gasteiger partial charge in [-0.2, -0.15) is 0 Å². The summed E-state index contributed by atoms with van der Waals surface area (Å²) in [4.78, 5) is 0. The van der Waals surface area contributed by atoms with Crippen molar-refractivity contribution in [1.29, 1.82) is 0 Å². The van der Waals surface area contributed by atoms with Crippen LogP contribution in [0.1, 0.15) is 38.2 Å². The Morgan fingerprint density at radius 2 is 2.07 bits per heavy atom. The number of ether oxygens (including phenoxy) is 1. The van der Waals surface area contributed by atoms with Crippen LogP contribution < -0.4 is 4.74 Å². The molecule has 1 aromatic rings. The molecule has 2 rings (SSSR count). The van der Waals surface area contributed by atoms with Crippen molar-refractivity contribution in [3.05, 3.63) is 29.6 Å². The summed E-state index contributed by atoms with van der Waals surface area (Å²) in [6.07, 6.45) is 2.51. The smallest absolute Gasteiger partial charge is 0.127 e. The Bertz CT molecular complexity index is 342. The summed E-state index contributed by atoms with van der Waals surface area (Å²) in [5, 5.41) is 0. The van der Waals surface area contributed by atoms with E-state index in [0.717, 1.165) is 12.2 Å². The maximum atomic E-state index is 13.2. The predicted molar refractivity (Wildman–Crippen MR) is 58.7 cm³/mol. The van der Waals surface area contributed by atoms with Gasteiger partial charge in [-0.1, -0.05) is 13.8 Å². The van der Waals surface area contributed by atoms with Gasteiger partial charge in [0.1, 0.15) is 11.6 Å². The third-order valence-electron chi connectivity index (χ3n) is 2.74. The zero-order valence-corrected chi connectivity index (χ0v) is 9.29. The summed E-state index contributed by atoms with van der Waals surface area (Å²) in [5.74, 6) is 1.51. The van der Waals surface area contributed by atoms with E-state index in [4.69, 9.17) is 4.74 Å². The SMILES string of the molecule is CC(C)c1cc(F)cc(OCC2CC2)c1. The first-order valence-electron chi connectivity index (χ1n) is 5.58. The first kappa shape index (κ1) is 10.5. The van der Waals surface area contributed by atoms with Gasteiger partial charge in [0.2, 0.25) is 0 Å². The molecule has 0 aromatic heterocycles. The van der Waals surface area contributed by atoms with Gasteiger partial charge in [-0.3, -0.25) is 0 Å². The Morgan fingerprint density at radius 3 is 2.67 bits per heavy atom. The van der Waals surface area contributed by atoms with Gasteiger partial charge in [0.15, 0.2) is 0 Å². The van der Waals surface area contributed by atoms with Crippen LogP contribution in [0.2, 0.25) is 0 Å². The minimum Gasteiger partial charge on any atom is -0.493 e. The Kier molecular flexibility index (Phi) is 2.94. The van der Waals surface area contributed by atoms with Crippen LogP contribution in [0.4, 0.5) is 4.39 Å². The quantitative estimate of drug-likeness (QED) is 0.732. The monoisotopic (exact) mass is 208 g/mol. The van der Waals surface area contributed by atoms with Crippen molar-refractivity contribution in [3.8, 4) is 5.75 Å². The Labute approximate surface area is 90.3 Å². The lowest BCUT2D eigenvalue weighted by Gasteiger charge is -2.10. The first-order valence-corrected chi connectivity index (χ1v) is 5.58. The third-order valence-corrected chi connectivity index (χ3v) is 2.74. The minimum atomic E-state index is -0.202. The van der Waals surface area contributed by atoms with Crippen molar-refractivity contribution < 1.29 is 9.13 Å². The standard InChI is InChI=1S/C13H17FO/c1-9(2)11-5-12(14)7-13(6-11)15-8-10-3-4-10/h5-7,9-10H,3-4,8H2,1-2H3. The second-order valence-electron chi connectivity index (χ2n) is 4.63. The predicted octanol–water partition coefficient (Wildman–Crippen LogP) is 3.74. The van der Waals surface area contributed by atoms with Crippen LogP contribution in [0.3, 0.4) is 0 Å². The summed E-state index contributed by atoms with van der Waals surface area (Å²) in [6.45, 7) is 4.85. The highest BCUT2D eigenvalue weighted by molar-refractivity contribution is 5.31. The molecule has 0 bridgehead atoms. The lowest BCUT2D eigenvalue weighted by atomic mass is 10.0. The van der Waals surface area contributed by atoms with E-state index in [1.54, 1.807) is 6.07 Å². The zero-order chi connectivity index (χ0) is 10.8. The number of hydrogen-bond donors (Lipinski definition) is 0. The number of rotatable bonds is 4. The summed E-state index contributed by atoms with van der Waals surface area (Å²) in [6, 6.07) is 4.99. The van der Waals surface area contributed by atoms with Crippen LogP contribution >= 0.6 is 0 Å². The fraction of sp³-hybridized carbons (Fsp3) is 0.538. The summed E-state index contributed by atoms with van der Waals surface area (Å²) in [5.41, 5.74) is 1.00. The topological polar surface area (TPSA) is 9.23 Å². The highest BCUT2D eigenvalue weighted by Crippen LogP contribution is 2.30. The molecule has 15 heavy (non-hydrogen) atoms. The Hall–Kier alpha value is -1.05. The number of hydrogen-bond acceptors (Lipinski definition) is 1. The summed E-state index contributed by atoms with van der Waals surface area (Å²) >= 11 is 0. The molecule has 0 spiro atoms. The van der Waals surface area contributed by atoms with Crippen molar-refractivity contribution in [2.75, 3.05) is 6.61 Å². The van der Waals surface area contributed by atoms with Crippen molar-refractivity contribution in [2.24, 2.45) is 5.92 Å². The first-order chi connectivity index (χ1) is 7.15. The molecule has 0 N–H and O–H groups in total.